The Hall–Kier alpha value is -1.40. The van der Waals surface area contributed by atoms with E-state index in [1.54, 1.807) is 26.0 Å². The maximum Gasteiger partial charge on any atom is 0.338 e. The second-order valence-corrected chi connectivity index (χ2v) is 10.1. The summed E-state index contributed by atoms with van der Waals surface area (Å²) in [5.74, 6) is -1.91. The SMILES string of the molecule is CC1(C)O[C@@](C)([C@H](OC(=O)c2ccc(Br)cc2)C2CCCCC2)CC[C@@H]1C(=O)[O-]. The lowest BCUT2D eigenvalue weighted by molar-refractivity contribution is -0.328. The molecule has 1 saturated carbocycles. The molecule has 1 aliphatic carbocycles. The Morgan fingerprint density at radius 1 is 1.10 bits per heavy atom. The Kier molecular flexibility index (Phi) is 6.74. The van der Waals surface area contributed by atoms with Gasteiger partial charge in [-0.1, -0.05) is 35.2 Å². The van der Waals surface area contributed by atoms with Crippen molar-refractivity contribution < 1.29 is 24.2 Å². The highest BCUT2D eigenvalue weighted by Gasteiger charge is 2.51. The monoisotopic (exact) mass is 465 g/mol. The summed E-state index contributed by atoms with van der Waals surface area (Å²) in [5, 5.41) is 11.6. The third-order valence-corrected chi connectivity index (χ3v) is 7.07. The molecule has 1 heterocycles. The first-order valence-electron chi connectivity index (χ1n) is 10.5. The van der Waals surface area contributed by atoms with E-state index in [1.807, 2.05) is 19.1 Å². The molecule has 3 rings (SSSR count). The van der Waals surface area contributed by atoms with Crippen molar-refractivity contribution in [3.63, 3.8) is 0 Å². The predicted octanol–water partition coefficient (Wildman–Crippen LogP) is 4.27. The van der Waals surface area contributed by atoms with Crippen molar-refractivity contribution in [2.24, 2.45) is 11.8 Å². The molecule has 6 heteroatoms. The lowest BCUT2D eigenvalue weighted by Crippen LogP contribution is -2.60. The smallest absolute Gasteiger partial charge is 0.338 e. The molecule has 160 valence electrons. The first-order chi connectivity index (χ1) is 13.6. The minimum Gasteiger partial charge on any atom is -0.550 e. The van der Waals surface area contributed by atoms with E-state index in [4.69, 9.17) is 9.47 Å². The largest absolute Gasteiger partial charge is 0.550 e. The highest BCUT2D eigenvalue weighted by atomic mass is 79.9. The average molecular weight is 466 g/mol. The zero-order valence-corrected chi connectivity index (χ0v) is 19.0. The fraction of sp³-hybridized carbons (Fsp3) is 0.652. The van der Waals surface area contributed by atoms with E-state index < -0.39 is 29.2 Å². The zero-order valence-electron chi connectivity index (χ0n) is 17.4. The minimum absolute atomic E-state index is 0.212. The van der Waals surface area contributed by atoms with Crippen LogP contribution in [0.1, 0.15) is 76.1 Å². The van der Waals surface area contributed by atoms with E-state index in [1.165, 1.54) is 6.42 Å². The highest BCUT2D eigenvalue weighted by molar-refractivity contribution is 9.10. The molecular formula is C23H30BrO5-. The molecule has 0 bridgehead atoms. The van der Waals surface area contributed by atoms with E-state index in [2.05, 4.69) is 15.9 Å². The van der Waals surface area contributed by atoms with Gasteiger partial charge in [-0.3, -0.25) is 0 Å². The van der Waals surface area contributed by atoms with Crippen molar-refractivity contribution in [2.75, 3.05) is 0 Å². The number of aliphatic carboxylic acids is 1. The van der Waals surface area contributed by atoms with Gasteiger partial charge in [0.15, 0.2) is 0 Å². The summed E-state index contributed by atoms with van der Waals surface area (Å²) in [5.41, 5.74) is -1.12. The average Bonchev–Trinajstić information content (AvgIpc) is 2.66. The summed E-state index contributed by atoms with van der Waals surface area (Å²) < 4.78 is 13.4. The Bertz CT molecular complexity index is 738. The van der Waals surface area contributed by atoms with Gasteiger partial charge in [-0.25, -0.2) is 4.79 Å². The van der Waals surface area contributed by atoms with Crippen molar-refractivity contribution in [1.29, 1.82) is 0 Å². The molecule has 0 spiro atoms. The maximum absolute atomic E-state index is 12.9. The van der Waals surface area contributed by atoms with Crippen LogP contribution in [0.4, 0.5) is 0 Å². The molecule has 1 saturated heterocycles. The molecule has 5 nitrogen and oxygen atoms in total. The van der Waals surface area contributed by atoms with Crippen molar-refractivity contribution in [3.8, 4) is 0 Å². The van der Waals surface area contributed by atoms with Crippen LogP contribution in [0.3, 0.4) is 0 Å². The number of benzene rings is 1. The van der Waals surface area contributed by atoms with Gasteiger partial charge in [0, 0.05) is 16.4 Å². The first-order valence-corrected chi connectivity index (χ1v) is 11.3. The van der Waals surface area contributed by atoms with Gasteiger partial charge >= 0.3 is 5.97 Å². The number of hydrogen-bond donors (Lipinski definition) is 0. The highest BCUT2D eigenvalue weighted by Crippen LogP contribution is 2.45. The van der Waals surface area contributed by atoms with Gasteiger partial charge in [0.2, 0.25) is 0 Å². The van der Waals surface area contributed by atoms with E-state index in [0.717, 1.165) is 30.2 Å². The standard InChI is InChI=1S/C23H31BrO5/c1-22(2)18(20(25)26)13-14-23(3,29-22)19(15-7-5-4-6-8-15)28-21(27)16-9-11-17(24)12-10-16/h9-12,15,18-19H,4-8,13-14H2,1-3H3,(H,25,26)/p-1/t18-,19-,23-/m1/s1. The lowest BCUT2D eigenvalue weighted by Gasteiger charge is -2.52. The summed E-state index contributed by atoms with van der Waals surface area (Å²) in [6.07, 6.45) is 5.94. The van der Waals surface area contributed by atoms with E-state index in [0.29, 0.717) is 18.4 Å². The fourth-order valence-corrected chi connectivity index (χ4v) is 5.29. The van der Waals surface area contributed by atoms with Gasteiger partial charge in [-0.05, 0) is 76.6 Å². The molecule has 0 amide bonds. The van der Waals surface area contributed by atoms with E-state index in [9.17, 15) is 14.7 Å². The molecule has 29 heavy (non-hydrogen) atoms. The maximum atomic E-state index is 12.9. The molecule has 2 aliphatic rings. The van der Waals surface area contributed by atoms with Crippen LogP contribution in [0.5, 0.6) is 0 Å². The van der Waals surface area contributed by atoms with Crippen LogP contribution in [0, 0.1) is 11.8 Å². The molecule has 0 N–H and O–H groups in total. The van der Waals surface area contributed by atoms with Gasteiger partial charge in [0.1, 0.15) is 11.7 Å². The quantitative estimate of drug-likeness (QED) is 0.606. The van der Waals surface area contributed by atoms with Crippen molar-refractivity contribution in [1.82, 2.24) is 0 Å². The second-order valence-electron chi connectivity index (χ2n) is 9.16. The van der Waals surface area contributed by atoms with E-state index in [-0.39, 0.29) is 11.9 Å². The Morgan fingerprint density at radius 3 is 2.28 bits per heavy atom. The molecular weight excluding hydrogens is 436 g/mol. The number of hydrogen-bond acceptors (Lipinski definition) is 5. The lowest BCUT2D eigenvalue weighted by atomic mass is 9.72. The van der Waals surface area contributed by atoms with Crippen LogP contribution in [0.25, 0.3) is 0 Å². The molecule has 0 aromatic heterocycles. The molecule has 1 aliphatic heterocycles. The molecule has 0 radical (unpaired) electrons. The molecule has 0 unspecified atom stereocenters. The zero-order chi connectivity index (χ0) is 21.2. The van der Waals surface area contributed by atoms with Gasteiger partial charge < -0.3 is 19.4 Å². The van der Waals surface area contributed by atoms with Crippen LogP contribution < -0.4 is 5.11 Å². The number of rotatable bonds is 5. The number of ether oxygens (including phenoxy) is 2. The van der Waals surface area contributed by atoms with Crippen molar-refractivity contribution in [2.45, 2.75) is 83.0 Å². The molecule has 1 aromatic carbocycles. The third-order valence-electron chi connectivity index (χ3n) is 6.54. The van der Waals surface area contributed by atoms with E-state index >= 15 is 0 Å². The summed E-state index contributed by atoms with van der Waals surface area (Å²) in [6.45, 7) is 5.55. The number of esters is 1. The van der Waals surface area contributed by atoms with Gasteiger partial charge in [-0.15, -0.1) is 0 Å². The second kappa shape index (κ2) is 8.76. The Morgan fingerprint density at radius 2 is 1.72 bits per heavy atom. The van der Waals surface area contributed by atoms with Gasteiger partial charge in [0.05, 0.1) is 11.2 Å². The topological polar surface area (TPSA) is 75.7 Å². The van der Waals surface area contributed by atoms with Gasteiger partial charge in [0.25, 0.3) is 0 Å². The van der Waals surface area contributed by atoms with Crippen LogP contribution in [-0.2, 0) is 14.3 Å². The summed E-state index contributed by atoms with van der Waals surface area (Å²) in [7, 11) is 0. The van der Waals surface area contributed by atoms with Crippen LogP contribution in [-0.4, -0.2) is 29.2 Å². The fourth-order valence-electron chi connectivity index (χ4n) is 5.03. The summed E-state index contributed by atoms with van der Waals surface area (Å²) in [4.78, 5) is 24.5. The summed E-state index contributed by atoms with van der Waals surface area (Å²) in [6, 6.07) is 7.12. The Balaban J connectivity index is 1.86. The van der Waals surface area contributed by atoms with Crippen LogP contribution >= 0.6 is 15.9 Å². The summed E-state index contributed by atoms with van der Waals surface area (Å²) >= 11 is 3.38. The molecule has 1 aromatic rings. The van der Waals surface area contributed by atoms with Crippen LogP contribution in [0.15, 0.2) is 28.7 Å². The van der Waals surface area contributed by atoms with Gasteiger partial charge in [-0.2, -0.15) is 0 Å². The predicted molar refractivity (Wildman–Crippen MR) is 111 cm³/mol. The third kappa shape index (κ3) is 5.02. The normalized spacial score (nSPS) is 28.5. The number of carbonyl (C=O) groups is 2. The number of halogens is 1. The number of carboxylic acids is 1. The minimum atomic E-state index is -1.09. The van der Waals surface area contributed by atoms with Crippen molar-refractivity contribution >= 4 is 27.9 Å². The Labute approximate surface area is 181 Å². The number of carbonyl (C=O) groups excluding carboxylic acids is 2. The van der Waals surface area contributed by atoms with Crippen molar-refractivity contribution in [3.05, 3.63) is 34.3 Å². The van der Waals surface area contributed by atoms with Crippen LogP contribution in [0.2, 0.25) is 0 Å². The molecule has 2 fully saturated rings. The first kappa shape index (κ1) is 22.3. The molecule has 3 atom stereocenters. The number of carboxylic acid groups (broad SMARTS) is 1.